The van der Waals surface area contributed by atoms with Gasteiger partial charge in [-0.2, -0.15) is 0 Å². The maximum absolute atomic E-state index is 12.7. The standard InChI is InChI=1S/C18H14Cl2N2O2/c1-2-11-5-3-4-6-14(11)21-16-15(20)17(23)22(18(16)24)13-9-7-12(19)8-10-13/h3-10,21H,2H2,1H3. The van der Waals surface area contributed by atoms with E-state index >= 15 is 0 Å². The van der Waals surface area contributed by atoms with Gasteiger partial charge in [0.2, 0.25) is 0 Å². The number of para-hydroxylation sites is 1. The number of halogens is 2. The van der Waals surface area contributed by atoms with E-state index in [1.165, 1.54) is 0 Å². The summed E-state index contributed by atoms with van der Waals surface area (Å²) < 4.78 is 0. The van der Waals surface area contributed by atoms with Gasteiger partial charge in [-0.15, -0.1) is 0 Å². The zero-order chi connectivity index (χ0) is 17.3. The van der Waals surface area contributed by atoms with Crippen LogP contribution in [0.1, 0.15) is 12.5 Å². The van der Waals surface area contributed by atoms with Crippen LogP contribution in [0.15, 0.2) is 59.3 Å². The molecule has 0 radical (unpaired) electrons. The van der Waals surface area contributed by atoms with E-state index < -0.39 is 11.8 Å². The predicted molar refractivity (Wildman–Crippen MR) is 96.3 cm³/mol. The normalized spacial score (nSPS) is 14.5. The van der Waals surface area contributed by atoms with E-state index in [2.05, 4.69) is 5.32 Å². The van der Waals surface area contributed by atoms with Gasteiger partial charge in [-0.05, 0) is 42.3 Å². The van der Waals surface area contributed by atoms with Crippen LogP contribution in [0, 0.1) is 0 Å². The van der Waals surface area contributed by atoms with Crippen molar-refractivity contribution in [2.75, 3.05) is 10.2 Å². The van der Waals surface area contributed by atoms with Crippen molar-refractivity contribution in [2.24, 2.45) is 0 Å². The van der Waals surface area contributed by atoms with Gasteiger partial charge in [0.1, 0.15) is 10.7 Å². The molecule has 0 saturated heterocycles. The van der Waals surface area contributed by atoms with Gasteiger partial charge in [0.25, 0.3) is 11.8 Å². The first-order valence-electron chi connectivity index (χ1n) is 7.42. The van der Waals surface area contributed by atoms with Gasteiger partial charge in [-0.1, -0.05) is 48.3 Å². The van der Waals surface area contributed by atoms with Crippen molar-refractivity contribution in [3.63, 3.8) is 0 Å². The summed E-state index contributed by atoms with van der Waals surface area (Å²) in [5.41, 5.74) is 2.29. The number of hydrogen-bond acceptors (Lipinski definition) is 3. The molecule has 6 heteroatoms. The maximum Gasteiger partial charge on any atom is 0.283 e. The quantitative estimate of drug-likeness (QED) is 0.825. The largest absolute Gasteiger partial charge is 0.349 e. The lowest BCUT2D eigenvalue weighted by Gasteiger charge is -2.15. The van der Waals surface area contributed by atoms with Gasteiger partial charge in [0.15, 0.2) is 0 Å². The van der Waals surface area contributed by atoms with Crippen molar-refractivity contribution in [3.05, 3.63) is 69.8 Å². The van der Waals surface area contributed by atoms with Gasteiger partial charge < -0.3 is 5.32 Å². The Morgan fingerprint density at radius 3 is 2.29 bits per heavy atom. The van der Waals surface area contributed by atoms with Crippen molar-refractivity contribution < 1.29 is 9.59 Å². The van der Waals surface area contributed by atoms with Crippen LogP contribution in [-0.4, -0.2) is 11.8 Å². The first kappa shape index (κ1) is 16.6. The summed E-state index contributed by atoms with van der Waals surface area (Å²) >= 11 is 12.0. The molecule has 0 atom stereocenters. The molecule has 3 rings (SSSR count). The van der Waals surface area contributed by atoms with Crippen LogP contribution in [0.4, 0.5) is 11.4 Å². The number of hydrogen-bond donors (Lipinski definition) is 1. The van der Waals surface area contributed by atoms with E-state index in [0.717, 1.165) is 22.6 Å². The highest BCUT2D eigenvalue weighted by atomic mass is 35.5. The zero-order valence-corrected chi connectivity index (χ0v) is 14.4. The van der Waals surface area contributed by atoms with Crippen molar-refractivity contribution in [1.29, 1.82) is 0 Å². The number of carbonyl (C=O) groups is 2. The Morgan fingerprint density at radius 2 is 1.62 bits per heavy atom. The number of amides is 2. The van der Waals surface area contributed by atoms with Crippen LogP contribution in [0.2, 0.25) is 5.02 Å². The van der Waals surface area contributed by atoms with Crippen LogP contribution in [0.25, 0.3) is 0 Å². The third-order valence-corrected chi connectivity index (χ3v) is 4.37. The molecular weight excluding hydrogens is 347 g/mol. The molecule has 1 heterocycles. The molecule has 122 valence electrons. The van der Waals surface area contributed by atoms with Gasteiger partial charge in [0, 0.05) is 10.7 Å². The zero-order valence-electron chi connectivity index (χ0n) is 12.8. The summed E-state index contributed by atoms with van der Waals surface area (Å²) in [7, 11) is 0. The number of carbonyl (C=O) groups excluding carboxylic acids is 2. The second-order valence-corrected chi connectivity index (χ2v) is 6.06. The lowest BCUT2D eigenvalue weighted by molar-refractivity contribution is -0.120. The fourth-order valence-corrected chi connectivity index (χ4v) is 2.86. The number of nitrogens with zero attached hydrogens (tertiary/aromatic N) is 1. The smallest absolute Gasteiger partial charge is 0.283 e. The molecule has 1 N–H and O–H groups in total. The molecular formula is C18H14Cl2N2O2. The summed E-state index contributed by atoms with van der Waals surface area (Å²) in [6.07, 6.45) is 0.789. The average molecular weight is 361 g/mol. The summed E-state index contributed by atoms with van der Waals surface area (Å²) in [6, 6.07) is 14.0. The molecule has 1 aliphatic heterocycles. The van der Waals surface area contributed by atoms with Gasteiger partial charge in [0.05, 0.1) is 5.69 Å². The number of anilines is 2. The van der Waals surface area contributed by atoms with Crippen molar-refractivity contribution in [1.82, 2.24) is 0 Å². The van der Waals surface area contributed by atoms with E-state index in [4.69, 9.17) is 23.2 Å². The van der Waals surface area contributed by atoms with E-state index in [9.17, 15) is 9.59 Å². The average Bonchev–Trinajstić information content (AvgIpc) is 2.80. The molecule has 0 spiro atoms. The highest BCUT2D eigenvalue weighted by Gasteiger charge is 2.39. The Kier molecular flexibility index (Phi) is 4.60. The third-order valence-electron chi connectivity index (χ3n) is 3.77. The van der Waals surface area contributed by atoms with Crippen molar-refractivity contribution >= 4 is 46.4 Å². The second-order valence-electron chi connectivity index (χ2n) is 5.25. The number of rotatable bonds is 4. The Morgan fingerprint density at radius 1 is 0.958 bits per heavy atom. The van der Waals surface area contributed by atoms with Crippen LogP contribution >= 0.6 is 23.2 Å². The first-order valence-corrected chi connectivity index (χ1v) is 8.17. The topological polar surface area (TPSA) is 49.4 Å². The van der Waals surface area contributed by atoms with Crippen LogP contribution in [-0.2, 0) is 16.0 Å². The lowest BCUT2D eigenvalue weighted by Crippen LogP contribution is -2.32. The molecule has 4 nitrogen and oxygen atoms in total. The van der Waals surface area contributed by atoms with Crippen molar-refractivity contribution in [2.45, 2.75) is 13.3 Å². The lowest BCUT2D eigenvalue weighted by atomic mass is 10.1. The molecule has 0 aliphatic carbocycles. The Bertz CT molecular complexity index is 844. The minimum Gasteiger partial charge on any atom is -0.349 e. The Labute approximate surface area is 149 Å². The number of nitrogens with one attached hydrogen (secondary N) is 1. The van der Waals surface area contributed by atoms with E-state index in [-0.39, 0.29) is 10.7 Å². The third kappa shape index (κ3) is 2.90. The van der Waals surface area contributed by atoms with Gasteiger partial charge in [-0.25, -0.2) is 4.90 Å². The van der Waals surface area contributed by atoms with Gasteiger partial charge >= 0.3 is 0 Å². The first-order chi connectivity index (χ1) is 11.5. The molecule has 2 aromatic carbocycles. The maximum atomic E-state index is 12.7. The number of benzene rings is 2. The molecule has 0 unspecified atom stereocenters. The summed E-state index contributed by atoms with van der Waals surface area (Å²) in [5, 5.41) is 3.41. The molecule has 2 aromatic rings. The van der Waals surface area contributed by atoms with E-state index in [1.807, 2.05) is 31.2 Å². The van der Waals surface area contributed by atoms with Crippen LogP contribution < -0.4 is 10.2 Å². The van der Waals surface area contributed by atoms with Crippen molar-refractivity contribution in [3.8, 4) is 0 Å². The highest BCUT2D eigenvalue weighted by Crippen LogP contribution is 2.31. The molecule has 0 fully saturated rings. The molecule has 0 saturated carbocycles. The molecule has 0 bridgehead atoms. The van der Waals surface area contributed by atoms with E-state index in [1.54, 1.807) is 24.3 Å². The minimum absolute atomic E-state index is 0.0810. The van der Waals surface area contributed by atoms with Crippen LogP contribution in [0.3, 0.4) is 0 Å². The minimum atomic E-state index is -0.555. The van der Waals surface area contributed by atoms with Gasteiger partial charge in [-0.3, -0.25) is 9.59 Å². The van der Waals surface area contributed by atoms with E-state index in [0.29, 0.717) is 10.7 Å². The molecule has 2 amide bonds. The SMILES string of the molecule is CCc1ccccc1NC1=C(Cl)C(=O)N(c2ccc(Cl)cc2)C1=O. The molecule has 1 aliphatic rings. The molecule has 24 heavy (non-hydrogen) atoms. The Balaban J connectivity index is 1.93. The van der Waals surface area contributed by atoms with Crippen LogP contribution in [0.5, 0.6) is 0 Å². The summed E-state index contributed by atoms with van der Waals surface area (Å²) in [6.45, 7) is 2.01. The predicted octanol–water partition coefficient (Wildman–Crippen LogP) is 4.34. The summed E-state index contributed by atoms with van der Waals surface area (Å²) in [4.78, 5) is 26.1. The fourth-order valence-electron chi connectivity index (χ4n) is 2.52. The highest BCUT2D eigenvalue weighted by molar-refractivity contribution is 6.53. The Hall–Kier alpha value is -2.30. The number of aryl methyl sites for hydroxylation is 1. The monoisotopic (exact) mass is 360 g/mol. The number of imide groups is 1. The molecule has 0 aromatic heterocycles. The fraction of sp³-hybridized carbons (Fsp3) is 0.111. The second kappa shape index (κ2) is 6.67. The summed E-state index contributed by atoms with van der Waals surface area (Å²) in [5.74, 6) is -1.04.